The Balaban J connectivity index is 1.40. The molecule has 2 aromatic carbocycles. The van der Waals surface area contributed by atoms with Crippen molar-refractivity contribution in [3.8, 4) is 11.1 Å². The van der Waals surface area contributed by atoms with Gasteiger partial charge in [-0.3, -0.25) is 0 Å². The van der Waals surface area contributed by atoms with Crippen molar-refractivity contribution in [3.05, 3.63) is 84.8 Å². The van der Waals surface area contributed by atoms with Crippen molar-refractivity contribution in [1.29, 1.82) is 0 Å². The average Bonchev–Trinajstić information content (AvgIpc) is 3.42. The van der Waals surface area contributed by atoms with Gasteiger partial charge < -0.3 is 0 Å². The summed E-state index contributed by atoms with van der Waals surface area (Å²) in [6, 6.07) is 22.7. The summed E-state index contributed by atoms with van der Waals surface area (Å²) in [4.78, 5) is 4.98. The van der Waals surface area contributed by atoms with Crippen LogP contribution in [0.15, 0.2) is 83.9 Å². The normalized spacial score (nSPS) is 17.7. The van der Waals surface area contributed by atoms with E-state index in [1.54, 1.807) is 28.8 Å². The maximum Gasteiger partial charge on any atom is 0.243 e. The first-order valence-corrected chi connectivity index (χ1v) is 11.0. The van der Waals surface area contributed by atoms with E-state index in [0.29, 0.717) is 30.2 Å². The van der Waals surface area contributed by atoms with Crippen LogP contribution in [0.2, 0.25) is 0 Å². The van der Waals surface area contributed by atoms with Crippen molar-refractivity contribution < 1.29 is 8.42 Å². The van der Waals surface area contributed by atoms with Crippen LogP contribution in [0.4, 0.5) is 0 Å². The van der Waals surface area contributed by atoms with Crippen LogP contribution in [-0.4, -0.2) is 40.4 Å². The zero-order valence-corrected chi connectivity index (χ0v) is 16.5. The summed E-state index contributed by atoms with van der Waals surface area (Å²) in [5.41, 5.74) is 2.95. The van der Waals surface area contributed by atoms with Gasteiger partial charge in [-0.1, -0.05) is 48.5 Å². The van der Waals surface area contributed by atoms with Crippen molar-refractivity contribution >= 4 is 15.7 Å². The number of hydrogen-bond donors (Lipinski definition) is 0. The average molecular weight is 404 g/mol. The fourth-order valence-electron chi connectivity index (χ4n) is 3.77. The van der Waals surface area contributed by atoms with E-state index in [0.717, 1.165) is 16.8 Å². The molecule has 0 saturated carbocycles. The molecule has 0 bridgehead atoms. The first-order valence-electron chi connectivity index (χ1n) is 9.58. The Bertz CT molecular complexity index is 1250. The van der Waals surface area contributed by atoms with Crippen molar-refractivity contribution in [2.75, 3.05) is 13.1 Å². The number of aromatic nitrogens is 3. The largest absolute Gasteiger partial charge is 0.243 e. The number of hydrogen-bond acceptors (Lipinski definition) is 4. The summed E-state index contributed by atoms with van der Waals surface area (Å²) >= 11 is 0. The molecule has 0 N–H and O–H groups in total. The number of fused-ring (bicyclic) bond motifs is 1. The smallest absolute Gasteiger partial charge is 0.220 e. The summed E-state index contributed by atoms with van der Waals surface area (Å²) in [5.74, 6) is 0.689. The highest BCUT2D eigenvalue weighted by atomic mass is 32.2. The molecule has 1 aliphatic rings. The van der Waals surface area contributed by atoms with E-state index >= 15 is 0 Å². The number of pyridine rings is 1. The number of rotatable bonds is 4. The van der Waals surface area contributed by atoms with Gasteiger partial charge >= 0.3 is 0 Å². The maximum atomic E-state index is 12.9. The molecule has 7 heteroatoms. The van der Waals surface area contributed by atoms with E-state index < -0.39 is 10.0 Å². The third-order valence-corrected chi connectivity index (χ3v) is 7.23. The zero-order valence-electron chi connectivity index (χ0n) is 15.7. The SMILES string of the molecule is O=S(=O)(c1ccccc1)N1CC[C@H](c2nc3ccc(-c4ccccc4)cn3n2)C1. The van der Waals surface area contributed by atoms with Gasteiger partial charge in [0.15, 0.2) is 11.5 Å². The van der Waals surface area contributed by atoms with E-state index in [1.165, 1.54) is 4.31 Å². The van der Waals surface area contributed by atoms with Gasteiger partial charge in [0, 0.05) is 30.8 Å². The Morgan fingerprint density at radius 1 is 0.862 bits per heavy atom. The van der Waals surface area contributed by atoms with Gasteiger partial charge in [0.1, 0.15) is 0 Å². The molecular weight excluding hydrogens is 384 g/mol. The summed E-state index contributed by atoms with van der Waals surface area (Å²) < 4.78 is 29.0. The first-order chi connectivity index (χ1) is 14.1. The van der Waals surface area contributed by atoms with Crippen LogP contribution in [0, 0.1) is 0 Å². The van der Waals surface area contributed by atoms with Gasteiger partial charge in [0.2, 0.25) is 10.0 Å². The van der Waals surface area contributed by atoms with Gasteiger partial charge in [-0.2, -0.15) is 9.40 Å². The second-order valence-corrected chi connectivity index (χ2v) is 9.16. The van der Waals surface area contributed by atoms with Crippen molar-refractivity contribution in [1.82, 2.24) is 18.9 Å². The van der Waals surface area contributed by atoms with Crippen LogP contribution < -0.4 is 0 Å². The van der Waals surface area contributed by atoms with E-state index in [2.05, 4.69) is 22.2 Å². The molecule has 0 unspecified atom stereocenters. The molecule has 0 amide bonds. The molecule has 146 valence electrons. The third-order valence-electron chi connectivity index (χ3n) is 5.35. The highest BCUT2D eigenvalue weighted by Gasteiger charge is 2.35. The Morgan fingerprint density at radius 3 is 2.34 bits per heavy atom. The summed E-state index contributed by atoms with van der Waals surface area (Å²) in [5, 5.41) is 4.65. The van der Waals surface area contributed by atoms with Crippen LogP contribution in [0.1, 0.15) is 18.2 Å². The molecule has 1 aliphatic heterocycles. The predicted molar refractivity (Wildman–Crippen MR) is 111 cm³/mol. The molecule has 6 nitrogen and oxygen atoms in total. The van der Waals surface area contributed by atoms with Crippen LogP contribution in [0.3, 0.4) is 0 Å². The van der Waals surface area contributed by atoms with Crippen molar-refractivity contribution in [2.45, 2.75) is 17.2 Å². The van der Waals surface area contributed by atoms with Gasteiger partial charge in [-0.05, 0) is 36.2 Å². The fraction of sp³-hybridized carbons (Fsp3) is 0.182. The van der Waals surface area contributed by atoms with Crippen LogP contribution >= 0.6 is 0 Å². The van der Waals surface area contributed by atoms with Gasteiger partial charge in [-0.25, -0.2) is 17.9 Å². The Morgan fingerprint density at radius 2 is 1.59 bits per heavy atom. The second-order valence-electron chi connectivity index (χ2n) is 7.22. The first kappa shape index (κ1) is 18.0. The molecule has 1 fully saturated rings. The maximum absolute atomic E-state index is 12.9. The number of nitrogens with zero attached hydrogens (tertiary/aromatic N) is 4. The van der Waals surface area contributed by atoms with E-state index in [-0.39, 0.29) is 5.92 Å². The molecular formula is C22H20N4O2S. The standard InChI is InChI=1S/C22H20N4O2S/c27-29(28,20-9-5-2-6-10-20)25-14-13-19(15-25)22-23-21-12-11-18(16-26(21)24-22)17-7-3-1-4-8-17/h1-12,16,19H,13-15H2/t19-/m0/s1. The summed E-state index contributed by atoms with van der Waals surface area (Å²) in [6.45, 7) is 0.881. The van der Waals surface area contributed by atoms with E-state index in [9.17, 15) is 8.42 Å². The highest BCUT2D eigenvalue weighted by Crippen LogP contribution is 2.30. The lowest BCUT2D eigenvalue weighted by molar-refractivity contribution is 0.471. The minimum atomic E-state index is -3.48. The van der Waals surface area contributed by atoms with Crippen molar-refractivity contribution in [2.24, 2.45) is 0 Å². The summed E-state index contributed by atoms with van der Waals surface area (Å²) in [6.07, 6.45) is 2.68. The highest BCUT2D eigenvalue weighted by molar-refractivity contribution is 7.89. The minimum Gasteiger partial charge on any atom is -0.220 e. The van der Waals surface area contributed by atoms with E-state index in [4.69, 9.17) is 0 Å². The zero-order chi connectivity index (χ0) is 19.8. The topological polar surface area (TPSA) is 67.6 Å². The molecule has 0 spiro atoms. The van der Waals surface area contributed by atoms with Crippen molar-refractivity contribution in [3.63, 3.8) is 0 Å². The van der Waals surface area contributed by atoms with Gasteiger partial charge in [-0.15, -0.1) is 0 Å². The Hall–Kier alpha value is -3.03. The lowest BCUT2D eigenvalue weighted by Gasteiger charge is -2.15. The van der Waals surface area contributed by atoms with Crippen LogP contribution in [0.25, 0.3) is 16.8 Å². The molecule has 0 radical (unpaired) electrons. The lowest BCUT2D eigenvalue weighted by atomic mass is 10.1. The monoisotopic (exact) mass is 404 g/mol. The molecule has 29 heavy (non-hydrogen) atoms. The number of benzene rings is 2. The molecule has 4 aromatic rings. The molecule has 5 rings (SSSR count). The second kappa shape index (κ2) is 7.09. The van der Waals surface area contributed by atoms with E-state index in [1.807, 2.05) is 42.6 Å². The molecule has 3 heterocycles. The van der Waals surface area contributed by atoms with Crippen LogP contribution in [-0.2, 0) is 10.0 Å². The fourth-order valence-corrected chi connectivity index (χ4v) is 5.29. The molecule has 1 atom stereocenters. The van der Waals surface area contributed by atoms with Gasteiger partial charge in [0.25, 0.3) is 0 Å². The molecule has 1 saturated heterocycles. The number of sulfonamides is 1. The Labute approximate surface area is 169 Å². The van der Waals surface area contributed by atoms with Crippen LogP contribution in [0.5, 0.6) is 0 Å². The quantitative estimate of drug-likeness (QED) is 0.521. The third kappa shape index (κ3) is 3.32. The molecule has 2 aromatic heterocycles. The van der Waals surface area contributed by atoms with Gasteiger partial charge in [0.05, 0.1) is 4.90 Å². The Kier molecular flexibility index (Phi) is 4.41. The predicted octanol–water partition coefficient (Wildman–Crippen LogP) is 3.57. The minimum absolute atomic E-state index is 0.00596. The lowest BCUT2D eigenvalue weighted by Crippen LogP contribution is -2.28. The molecule has 0 aliphatic carbocycles. The summed E-state index contributed by atoms with van der Waals surface area (Å²) in [7, 11) is -3.48.